The monoisotopic (exact) mass is 398 g/mol. The third-order valence-corrected chi connectivity index (χ3v) is 4.40. The van der Waals surface area contributed by atoms with Gasteiger partial charge in [-0.05, 0) is 35.9 Å². The molecular weight excluding hydrogens is 384 g/mol. The highest BCUT2D eigenvalue weighted by molar-refractivity contribution is 6.30. The first-order chi connectivity index (χ1) is 14.2. The van der Waals surface area contributed by atoms with E-state index < -0.39 is 0 Å². The van der Waals surface area contributed by atoms with Crippen LogP contribution in [0.3, 0.4) is 0 Å². The molecule has 0 aliphatic carbocycles. The SMILES string of the molecule is N#Cc1c(N=Cc2ccc(-c3ccccn3)cc2)n[nH]c1Nc1cccc(Cl)c1. The molecule has 0 aliphatic rings. The number of aromatic amines is 1. The van der Waals surface area contributed by atoms with E-state index in [-0.39, 0.29) is 0 Å². The van der Waals surface area contributed by atoms with Crippen molar-refractivity contribution in [1.82, 2.24) is 15.2 Å². The van der Waals surface area contributed by atoms with E-state index in [1.54, 1.807) is 24.5 Å². The second-order valence-electron chi connectivity index (χ2n) is 6.14. The first kappa shape index (κ1) is 18.4. The summed E-state index contributed by atoms with van der Waals surface area (Å²) in [5.74, 6) is 0.776. The Labute approximate surface area is 172 Å². The van der Waals surface area contributed by atoms with E-state index in [1.165, 1.54) is 0 Å². The number of halogens is 1. The number of aromatic nitrogens is 3. The molecule has 0 radical (unpaired) electrons. The molecule has 0 aliphatic heterocycles. The zero-order chi connectivity index (χ0) is 20.1. The largest absolute Gasteiger partial charge is 0.339 e. The molecule has 6 nitrogen and oxygen atoms in total. The van der Waals surface area contributed by atoms with Crippen LogP contribution in [0, 0.1) is 11.3 Å². The summed E-state index contributed by atoms with van der Waals surface area (Å²) >= 11 is 6.00. The van der Waals surface area contributed by atoms with Gasteiger partial charge in [0.2, 0.25) is 0 Å². The van der Waals surface area contributed by atoms with Crippen LogP contribution in [0.1, 0.15) is 11.1 Å². The first-order valence-corrected chi connectivity index (χ1v) is 9.17. The molecule has 0 fully saturated rings. The summed E-state index contributed by atoms with van der Waals surface area (Å²) in [7, 11) is 0. The molecule has 0 amide bonds. The van der Waals surface area contributed by atoms with Gasteiger partial charge in [-0.3, -0.25) is 10.1 Å². The Morgan fingerprint density at radius 3 is 2.66 bits per heavy atom. The fourth-order valence-electron chi connectivity index (χ4n) is 2.74. The quantitative estimate of drug-likeness (QED) is 0.435. The van der Waals surface area contributed by atoms with Crippen LogP contribution in [0.25, 0.3) is 11.3 Å². The maximum absolute atomic E-state index is 9.52. The van der Waals surface area contributed by atoms with Gasteiger partial charge in [-0.1, -0.05) is 48.0 Å². The lowest BCUT2D eigenvalue weighted by Crippen LogP contribution is -1.92. The highest BCUT2D eigenvalue weighted by Crippen LogP contribution is 2.27. The first-order valence-electron chi connectivity index (χ1n) is 8.79. The lowest BCUT2D eigenvalue weighted by atomic mass is 10.1. The predicted octanol–water partition coefficient (Wildman–Crippen LogP) is 5.49. The number of pyridine rings is 1. The number of H-pyrrole nitrogens is 1. The van der Waals surface area contributed by atoms with Gasteiger partial charge in [0.25, 0.3) is 0 Å². The third kappa shape index (κ3) is 4.32. The van der Waals surface area contributed by atoms with Crippen LogP contribution in [0.2, 0.25) is 5.02 Å². The van der Waals surface area contributed by atoms with Crippen molar-refractivity contribution in [1.29, 1.82) is 5.26 Å². The lowest BCUT2D eigenvalue weighted by Gasteiger charge is -2.03. The van der Waals surface area contributed by atoms with E-state index >= 15 is 0 Å². The van der Waals surface area contributed by atoms with Crippen molar-refractivity contribution in [2.45, 2.75) is 0 Å². The van der Waals surface area contributed by atoms with Gasteiger partial charge in [0.05, 0.1) is 5.69 Å². The van der Waals surface area contributed by atoms with E-state index in [9.17, 15) is 5.26 Å². The topological polar surface area (TPSA) is 89.8 Å². The van der Waals surface area contributed by atoms with Crippen molar-refractivity contribution in [3.8, 4) is 17.3 Å². The molecule has 2 aromatic heterocycles. The minimum Gasteiger partial charge on any atom is -0.339 e. The Morgan fingerprint density at radius 2 is 1.93 bits per heavy atom. The van der Waals surface area contributed by atoms with E-state index in [0.717, 1.165) is 22.5 Å². The molecule has 0 bridgehead atoms. The fourth-order valence-corrected chi connectivity index (χ4v) is 2.93. The summed E-state index contributed by atoms with van der Waals surface area (Å²) in [4.78, 5) is 8.70. The van der Waals surface area contributed by atoms with Crippen LogP contribution < -0.4 is 5.32 Å². The van der Waals surface area contributed by atoms with Gasteiger partial charge in [0, 0.05) is 28.7 Å². The average molecular weight is 399 g/mol. The molecular formula is C22H15ClN6. The maximum Gasteiger partial charge on any atom is 0.193 e. The Bertz CT molecular complexity index is 1190. The third-order valence-electron chi connectivity index (χ3n) is 4.16. The molecule has 4 rings (SSSR count). The second kappa shape index (κ2) is 8.38. The molecule has 2 heterocycles. The summed E-state index contributed by atoms with van der Waals surface area (Å²) in [6.07, 6.45) is 3.43. The number of nitriles is 1. The van der Waals surface area contributed by atoms with Crippen LogP contribution >= 0.6 is 11.6 Å². The van der Waals surface area contributed by atoms with Crippen LogP contribution in [0.4, 0.5) is 17.3 Å². The number of nitrogens with one attached hydrogen (secondary N) is 2. The van der Waals surface area contributed by atoms with E-state index in [4.69, 9.17) is 11.6 Å². The van der Waals surface area contributed by atoms with E-state index in [1.807, 2.05) is 54.6 Å². The fraction of sp³-hybridized carbons (Fsp3) is 0. The van der Waals surface area contributed by atoms with Crippen LogP contribution in [-0.2, 0) is 0 Å². The van der Waals surface area contributed by atoms with Crippen LogP contribution in [0.5, 0.6) is 0 Å². The Balaban J connectivity index is 1.53. The highest BCUT2D eigenvalue weighted by Gasteiger charge is 2.12. The molecule has 0 saturated heterocycles. The number of aliphatic imine (C=N–C) groups is 1. The average Bonchev–Trinajstić information content (AvgIpc) is 3.14. The molecule has 2 aromatic carbocycles. The number of benzene rings is 2. The summed E-state index contributed by atoms with van der Waals surface area (Å²) in [5, 5.41) is 20.2. The normalized spacial score (nSPS) is 10.8. The molecule has 0 atom stereocenters. The predicted molar refractivity (Wildman–Crippen MR) is 115 cm³/mol. The maximum atomic E-state index is 9.52. The Kier molecular flexibility index (Phi) is 5.32. The summed E-state index contributed by atoms with van der Waals surface area (Å²) in [6, 6.07) is 23.0. The van der Waals surface area contributed by atoms with E-state index in [2.05, 4.69) is 31.6 Å². The van der Waals surface area contributed by atoms with Gasteiger partial charge < -0.3 is 5.32 Å². The van der Waals surface area contributed by atoms with Gasteiger partial charge in [-0.15, -0.1) is 0 Å². The van der Waals surface area contributed by atoms with E-state index in [0.29, 0.717) is 22.2 Å². The molecule has 0 unspecified atom stereocenters. The second-order valence-corrected chi connectivity index (χ2v) is 6.58. The summed E-state index contributed by atoms with van der Waals surface area (Å²) < 4.78 is 0. The minimum atomic E-state index is 0.311. The van der Waals surface area contributed by atoms with Crippen molar-refractivity contribution in [3.05, 3.63) is 89.1 Å². The number of hydrogen-bond acceptors (Lipinski definition) is 5. The molecule has 2 N–H and O–H groups in total. The standard InChI is InChI=1S/C22H15ClN6/c23-17-4-3-5-18(12-17)27-22-19(13-24)21(28-29-22)26-14-15-7-9-16(10-8-15)20-6-1-2-11-25-20/h1-12,14H,(H2,27,28,29). The number of nitrogens with zero attached hydrogens (tertiary/aromatic N) is 4. The van der Waals surface area contributed by atoms with Crippen molar-refractivity contribution >= 4 is 35.1 Å². The molecule has 0 spiro atoms. The van der Waals surface area contributed by atoms with Gasteiger partial charge >= 0.3 is 0 Å². The molecule has 0 saturated carbocycles. The summed E-state index contributed by atoms with van der Waals surface area (Å²) in [6.45, 7) is 0. The molecule has 29 heavy (non-hydrogen) atoms. The summed E-state index contributed by atoms with van der Waals surface area (Å²) in [5.41, 5.74) is 3.89. The van der Waals surface area contributed by atoms with Crippen LogP contribution in [-0.4, -0.2) is 21.4 Å². The van der Waals surface area contributed by atoms with Crippen molar-refractivity contribution < 1.29 is 0 Å². The zero-order valence-corrected chi connectivity index (χ0v) is 15.9. The number of hydrogen-bond donors (Lipinski definition) is 2. The molecule has 7 heteroatoms. The van der Waals surface area contributed by atoms with Gasteiger partial charge in [0.1, 0.15) is 17.5 Å². The Morgan fingerprint density at radius 1 is 1.07 bits per heavy atom. The van der Waals surface area contributed by atoms with Crippen molar-refractivity contribution in [3.63, 3.8) is 0 Å². The lowest BCUT2D eigenvalue weighted by molar-refractivity contribution is 1.09. The van der Waals surface area contributed by atoms with Gasteiger partial charge in [-0.2, -0.15) is 10.4 Å². The van der Waals surface area contributed by atoms with Gasteiger partial charge in [0.15, 0.2) is 5.82 Å². The number of rotatable bonds is 5. The van der Waals surface area contributed by atoms with Gasteiger partial charge in [-0.25, -0.2) is 4.99 Å². The smallest absolute Gasteiger partial charge is 0.193 e. The van der Waals surface area contributed by atoms with Crippen LogP contribution in [0.15, 0.2) is 77.9 Å². The number of anilines is 2. The molecule has 140 valence electrons. The zero-order valence-electron chi connectivity index (χ0n) is 15.2. The molecule has 4 aromatic rings. The highest BCUT2D eigenvalue weighted by atomic mass is 35.5. The minimum absolute atomic E-state index is 0.311. The van der Waals surface area contributed by atoms with Crippen molar-refractivity contribution in [2.24, 2.45) is 4.99 Å². The van der Waals surface area contributed by atoms with Crippen molar-refractivity contribution in [2.75, 3.05) is 5.32 Å². The Hall–Kier alpha value is -3.95.